The van der Waals surface area contributed by atoms with Crippen molar-refractivity contribution in [2.24, 2.45) is 11.8 Å². The first-order valence-electron chi connectivity index (χ1n) is 10.2. The van der Waals surface area contributed by atoms with Crippen molar-refractivity contribution in [2.45, 2.75) is 20.3 Å². The highest BCUT2D eigenvalue weighted by Crippen LogP contribution is 2.38. The van der Waals surface area contributed by atoms with Gasteiger partial charge in [0.05, 0.1) is 16.2 Å². The smallest absolute Gasteiger partial charge is 0.282 e. The fourth-order valence-corrected chi connectivity index (χ4v) is 4.54. The topological polar surface area (TPSA) is 83.8 Å². The van der Waals surface area contributed by atoms with E-state index in [0.29, 0.717) is 23.6 Å². The normalized spacial score (nSPS) is 21.5. The Balaban J connectivity index is 1.86. The first kappa shape index (κ1) is 21.6. The summed E-state index contributed by atoms with van der Waals surface area (Å²) in [5.41, 5.74) is -0.205. The van der Waals surface area contributed by atoms with Gasteiger partial charge < -0.3 is 4.90 Å². The number of benzene rings is 2. The molecule has 2 aliphatic heterocycles. The molecule has 7 nitrogen and oxygen atoms in total. The van der Waals surface area contributed by atoms with Crippen molar-refractivity contribution >= 4 is 28.8 Å². The van der Waals surface area contributed by atoms with Gasteiger partial charge >= 0.3 is 0 Å². The van der Waals surface area contributed by atoms with Crippen molar-refractivity contribution in [3.63, 3.8) is 0 Å². The molecule has 0 aromatic heterocycles. The summed E-state index contributed by atoms with van der Waals surface area (Å²) in [7, 11) is 0. The van der Waals surface area contributed by atoms with Gasteiger partial charge in [-0.15, -0.1) is 0 Å². The second-order valence-electron chi connectivity index (χ2n) is 8.42. The van der Waals surface area contributed by atoms with Gasteiger partial charge in [-0.25, -0.2) is 13.7 Å². The van der Waals surface area contributed by atoms with E-state index in [-0.39, 0.29) is 28.8 Å². The first-order chi connectivity index (χ1) is 15.2. The van der Waals surface area contributed by atoms with E-state index in [9.17, 15) is 28.5 Å². The first-order valence-corrected chi connectivity index (χ1v) is 10.2. The molecule has 0 spiro atoms. The number of imide groups is 1. The van der Waals surface area contributed by atoms with Crippen LogP contribution in [0.3, 0.4) is 0 Å². The van der Waals surface area contributed by atoms with Gasteiger partial charge in [-0.1, -0.05) is 13.8 Å². The lowest BCUT2D eigenvalue weighted by Gasteiger charge is -2.37. The Hall–Kier alpha value is -3.62. The molecule has 32 heavy (non-hydrogen) atoms. The molecule has 0 bridgehead atoms. The monoisotopic (exact) mass is 441 g/mol. The molecule has 0 radical (unpaired) electrons. The third-order valence-electron chi connectivity index (χ3n) is 5.76. The molecule has 2 aromatic carbocycles. The van der Waals surface area contributed by atoms with E-state index < -0.39 is 34.1 Å². The number of non-ortho nitro benzene ring substituents is 1. The molecule has 166 valence electrons. The highest BCUT2D eigenvalue weighted by atomic mass is 19.1. The molecule has 2 aromatic rings. The lowest BCUT2D eigenvalue weighted by molar-refractivity contribution is -0.384. The number of piperidine rings is 1. The Bertz CT molecular complexity index is 1140. The summed E-state index contributed by atoms with van der Waals surface area (Å²) in [5.74, 6) is -2.71. The summed E-state index contributed by atoms with van der Waals surface area (Å²) in [6.45, 7) is 5.13. The van der Waals surface area contributed by atoms with Crippen molar-refractivity contribution in [2.75, 3.05) is 18.0 Å². The van der Waals surface area contributed by atoms with E-state index >= 15 is 0 Å². The number of nitrogens with zero attached hydrogens (tertiary/aromatic N) is 3. The fourth-order valence-electron chi connectivity index (χ4n) is 4.54. The van der Waals surface area contributed by atoms with E-state index in [1.165, 1.54) is 24.3 Å². The minimum atomic E-state index is -0.905. The summed E-state index contributed by atoms with van der Waals surface area (Å²) in [6.07, 6.45) is 0.959. The zero-order chi connectivity index (χ0) is 23.2. The van der Waals surface area contributed by atoms with Gasteiger partial charge in [0.1, 0.15) is 17.3 Å². The number of nitro benzene ring substituents is 1. The van der Waals surface area contributed by atoms with Crippen LogP contribution >= 0.6 is 0 Å². The molecule has 4 rings (SSSR count). The Morgan fingerprint density at radius 1 is 0.969 bits per heavy atom. The van der Waals surface area contributed by atoms with Gasteiger partial charge in [-0.05, 0) is 48.1 Å². The maximum atomic E-state index is 14.5. The van der Waals surface area contributed by atoms with Crippen molar-refractivity contribution < 1.29 is 23.3 Å². The van der Waals surface area contributed by atoms with Crippen molar-refractivity contribution in [3.8, 4) is 0 Å². The summed E-state index contributed by atoms with van der Waals surface area (Å²) in [6, 6.07) is 7.84. The molecule has 1 saturated heterocycles. The van der Waals surface area contributed by atoms with Crippen molar-refractivity contribution in [1.82, 2.24) is 4.90 Å². The molecule has 0 N–H and O–H groups in total. The van der Waals surface area contributed by atoms with Gasteiger partial charge in [0, 0.05) is 31.3 Å². The lowest BCUT2D eigenvalue weighted by atomic mass is 9.91. The average molecular weight is 441 g/mol. The number of anilines is 1. The SMILES string of the molecule is CC1CC(C)CN(C2=C(c3ccc([N+](=O)[O-])cc3)C(=O)N(c3cc(F)ccc3F)C2=O)C1. The molecular weight excluding hydrogens is 420 g/mol. The Morgan fingerprint density at radius 2 is 1.59 bits per heavy atom. The molecule has 2 aliphatic rings. The quantitative estimate of drug-likeness (QED) is 0.405. The summed E-state index contributed by atoms with van der Waals surface area (Å²) < 4.78 is 28.4. The van der Waals surface area contributed by atoms with E-state index in [2.05, 4.69) is 0 Å². The number of hydrogen-bond donors (Lipinski definition) is 0. The second kappa shape index (κ2) is 8.14. The van der Waals surface area contributed by atoms with Crippen LogP contribution in [0.25, 0.3) is 5.57 Å². The zero-order valence-corrected chi connectivity index (χ0v) is 17.5. The predicted molar refractivity (Wildman–Crippen MR) is 113 cm³/mol. The Kier molecular flexibility index (Phi) is 5.50. The minimum absolute atomic E-state index is 0.0230. The highest BCUT2D eigenvalue weighted by molar-refractivity contribution is 6.45. The number of halogens is 2. The molecule has 2 heterocycles. The molecular formula is C23H21F2N3O4. The minimum Gasteiger partial charge on any atom is -0.366 e. The third kappa shape index (κ3) is 3.74. The van der Waals surface area contributed by atoms with Crippen molar-refractivity contribution in [1.29, 1.82) is 0 Å². The fraction of sp³-hybridized carbons (Fsp3) is 0.304. The number of likely N-dealkylation sites (tertiary alicyclic amines) is 1. The zero-order valence-electron chi connectivity index (χ0n) is 17.5. The molecule has 0 aliphatic carbocycles. The molecule has 9 heteroatoms. The van der Waals surface area contributed by atoms with Gasteiger partial charge in [0.2, 0.25) is 0 Å². The van der Waals surface area contributed by atoms with E-state index in [0.717, 1.165) is 24.6 Å². The summed E-state index contributed by atoms with van der Waals surface area (Å²) >= 11 is 0. The lowest BCUT2D eigenvalue weighted by Crippen LogP contribution is -2.42. The third-order valence-corrected chi connectivity index (χ3v) is 5.76. The second-order valence-corrected chi connectivity index (χ2v) is 8.42. The number of rotatable bonds is 4. The number of hydrogen-bond acceptors (Lipinski definition) is 5. The van der Waals surface area contributed by atoms with Crippen LogP contribution in [0, 0.1) is 33.6 Å². The van der Waals surface area contributed by atoms with Crippen LogP contribution in [0.2, 0.25) is 0 Å². The van der Waals surface area contributed by atoms with E-state index in [1.807, 2.05) is 18.7 Å². The van der Waals surface area contributed by atoms with Crippen LogP contribution in [-0.2, 0) is 9.59 Å². The van der Waals surface area contributed by atoms with Gasteiger partial charge in [0.15, 0.2) is 0 Å². The summed E-state index contributed by atoms with van der Waals surface area (Å²) in [5, 5.41) is 11.0. The van der Waals surface area contributed by atoms with Crippen molar-refractivity contribution in [3.05, 3.63) is 75.5 Å². The molecule has 2 atom stereocenters. The van der Waals surface area contributed by atoms with E-state index in [4.69, 9.17) is 0 Å². The molecule has 2 unspecified atom stereocenters. The number of carbonyl (C=O) groups is 2. The number of amides is 2. The van der Waals surface area contributed by atoms with Gasteiger partial charge in [-0.3, -0.25) is 19.7 Å². The largest absolute Gasteiger partial charge is 0.366 e. The Labute approximate surface area is 183 Å². The predicted octanol–water partition coefficient (Wildman–Crippen LogP) is 4.14. The highest BCUT2D eigenvalue weighted by Gasteiger charge is 2.44. The van der Waals surface area contributed by atoms with Gasteiger partial charge in [-0.2, -0.15) is 0 Å². The molecule has 2 amide bonds. The van der Waals surface area contributed by atoms with Gasteiger partial charge in [0.25, 0.3) is 17.5 Å². The van der Waals surface area contributed by atoms with E-state index in [1.54, 1.807) is 0 Å². The number of nitro groups is 1. The van der Waals surface area contributed by atoms with Crippen LogP contribution in [0.1, 0.15) is 25.8 Å². The van der Waals surface area contributed by atoms with Crippen LogP contribution in [0.5, 0.6) is 0 Å². The average Bonchev–Trinajstić information content (AvgIpc) is 2.99. The van der Waals surface area contributed by atoms with Crippen LogP contribution in [-0.4, -0.2) is 34.7 Å². The maximum Gasteiger partial charge on any atom is 0.282 e. The Morgan fingerprint density at radius 3 is 2.19 bits per heavy atom. The molecule has 1 fully saturated rings. The number of carbonyl (C=O) groups excluding carboxylic acids is 2. The van der Waals surface area contributed by atoms with Crippen LogP contribution in [0.4, 0.5) is 20.2 Å². The summed E-state index contributed by atoms with van der Waals surface area (Å²) in [4.78, 5) is 39.8. The maximum absolute atomic E-state index is 14.5. The standard InChI is InChI=1S/C23H21F2N3O4/c1-13-9-14(2)12-26(11-13)21-20(15-3-6-17(7-4-15)28(31)32)22(29)27(23(21)30)19-10-16(24)5-8-18(19)25/h3-8,10,13-14H,9,11-12H2,1-2H3. The molecule has 0 saturated carbocycles. The van der Waals surface area contributed by atoms with Crippen LogP contribution < -0.4 is 4.90 Å². The van der Waals surface area contributed by atoms with Crippen LogP contribution in [0.15, 0.2) is 48.2 Å².